The van der Waals surface area contributed by atoms with Crippen LogP contribution in [0.15, 0.2) is 24.4 Å². The van der Waals surface area contributed by atoms with Crippen LogP contribution < -0.4 is 17.0 Å². The van der Waals surface area contributed by atoms with Crippen molar-refractivity contribution in [3.8, 4) is 0 Å². The molecule has 0 aromatic carbocycles. The molecule has 0 amide bonds. The second-order valence-electron chi connectivity index (χ2n) is 4.74. The van der Waals surface area contributed by atoms with Crippen LogP contribution in [0.1, 0.15) is 34.1 Å². The molecule has 0 saturated heterocycles. The van der Waals surface area contributed by atoms with Crippen LogP contribution in [0.4, 0.5) is 5.82 Å². The Kier molecular flexibility index (Phi) is 3.78. The van der Waals surface area contributed by atoms with Gasteiger partial charge in [-0.2, -0.15) is 0 Å². The van der Waals surface area contributed by atoms with Crippen molar-refractivity contribution in [1.82, 2.24) is 15.4 Å². The molecule has 0 aliphatic carbocycles. The Morgan fingerprint density at radius 1 is 1.21 bits per heavy atom. The Labute approximate surface area is 113 Å². The standard InChI is InChI=1S/C14H19N5/c1-8-6-10(3)18-11(7-8)13(19-16)12-9(2)4-5-17-14(12)15/h4-7,13,19H,16H2,1-3H3,(H2,15,17). The van der Waals surface area contributed by atoms with Gasteiger partial charge in [-0.05, 0) is 50.1 Å². The maximum atomic E-state index is 5.98. The van der Waals surface area contributed by atoms with E-state index in [0.29, 0.717) is 5.82 Å². The summed E-state index contributed by atoms with van der Waals surface area (Å²) in [5, 5.41) is 0. The Balaban J connectivity index is 2.56. The highest BCUT2D eigenvalue weighted by molar-refractivity contribution is 5.49. The van der Waals surface area contributed by atoms with Crippen molar-refractivity contribution in [1.29, 1.82) is 0 Å². The first-order valence-corrected chi connectivity index (χ1v) is 6.15. The van der Waals surface area contributed by atoms with Crippen molar-refractivity contribution in [3.05, 3.63) is 52.5 Å². The number of nitrogens with one attached hydrogen (secondary N) is 1. The number of rotatable bonds is 3. The molecule has 0 bridgehead atoms. The van der Waals surface area contributed by atoms with E-state index in [2.05, 4.69) is 15.4 Å². The van der Waals surface area contributed by atoms with Crippen LogP contribution in [0.5, 0.6) is 0 Å². The maximum absolute atomic E-state index is 5.98. The van der Waals surface area contributed by atoms with Gasteiger partial charge in [0.05, 0.1) is 11.7 Å². The molecule has 0 saturated carbocycles. The predicted octanol–water partition coefficient (Wildman–Crippen LogP) is 1.54. The van der Waals surface area contributed by atoms with E-state index >= 15 is 0 Å². The van der Waals surface area contributed by atoms with E-state index in [-0.39, 0.29) is 6.04 Å². The molecule has 0 radical (unpaired) electrons. The van der Waals surface area contributed by atoms with Crippen molar-refractivity contribution in [2.75, 3.05) is 5.73 Å². The minimum Gasteiger partial charge on any atom is -0.383 e. The highest BCUT2D eigenvalue weighted by Crippen LogP contribution is 2.27. The molecule has 2 aromatic rings. The fourth-order valence-electron chi connectivity index (χ4n) is 2.30. The van der Waals surface area contributed by atoms with Crippen LogP contribution >= 0.6 is 0 Å². The Bertz CT molecular complexity index is 554. The van der Waals surface area contributed by atoms with Gasteiger partial charge in [-0.25, -0.2) is 10.4 Å². The molecule has 2 rings (SSSR count). The molecular weight excluding hydrogens is 238 g/mol. The van der Waals surface area contributed by atoms with Crippen molar-refractivity contribution in [3.63, 3.8) is 0 Å². The van der Waals surface area contributed by atoms with E-state index in [1.807, 2.05) is 39.0 Å². The Morgan fingerprint density at radius 3 is 2.53 bits per heavy atom. The van der Waals surface area contributed by atoms with E-state index in [9.17, 15) is 0 Å². The lowest BCUT2D eigenvalue weighted by molar-refractivity contribution is 0.615. The van der Waals surface area contributed by atoms with Gasteiger partial charge in [0.25, 0.3) is 0 Å². The van der Waals surface area contributed by atoms with Crippen LogP contribution in [-0.2, 0) is 0 Å². The minimum absolute atomic E-state index is 0.257. The van der Waals surface area contributed by atoms with Crippen molar-refractivity contribution < 1.29 is 0 Å². The summed E-state index contributed by atoms with van der Waals surface area (Å²) in [5.41, 5.74) is 13.6. The number of aryl methyl sites for hydroxylation is 3. The third-order valence-corrected chi connectivity index (χ3v) is 3.11. The third-order valence-electron chi connectivity index (χ3n) is 3.11. The highest BCUT2D eigenvalue weighted by atomic mass is 15.2. The first-order valence-electron chi connectivity index (χ1n) is 6.15. The van der Waals surface area contributed by atoms with E-state index in [1.165, 1.54) is 0 Å². The number of nitrogen functional groups attached to an aromatic ring is 1. The predicted molar refractivity (Wildman–Crippen MR) is 76.3 cm³/mol. The molecule has 5 heteroatoms. The lowest BCUT2D eigenvalue weighted by Gasteiger charge is -2.20. The van der Waals surface area contributed by atoms with Crippen LogP contribution in [0.3, 0.4) is 0 Å². The molecule has 19 heavy (non-hydrogen) atoms. The first-order chi connectivity index (χ1) is 9.02. The van der Waals surface area contributed by atoms with E-state index < -0.39 is 0 Å². The van der Waals surface area contributed by atoms with Gasteiger partial charge in [0.15, 0.2) is 0 Å². The zero-order chi connectivity index (χ0) is 14.0. The van der Waals surface area contributed by atoms with Crippen LogP contribution in [0.25, 0.3) is 0 Å². The number of anilines is 1. The van der Waals surface area contributed by atoms with Crippen molar-refractivity contribution in [2.24, 2.45) is 5.84 Å². The number of nitrogens with two attached hydrogens (primary N) is 2. The minimum atomic E-state index is -0.257. The second kappa shape index (κ2) is 5.34. The summed E-state index contributed by atoms with van der Waals surface area (Å²) in [6, 6.07) is 5.69. The topological polar surface area (TPSA) is 89.8 Å². The summed E-state index contributed by atoms with van der Waals surface area (Å²) in [6.45, 7) is 5.98. The zero-order valence-corrected chi connectivity index (χ0v) is 11.4. The number of hydrazine groups is 1. The molecule has 2 heterocycles. The lowest BCUT2D eigenvalue weighted by Crippen LogP contribution is -2.31. The molecule has 100 valence electrons. The average molecular weight is 257 g/mol. The van der Waals surface area contributed by atoms with Gasteiger partial charge in [0, 0.05) is 17.5 Å². The molecule has 5 nitrogen and oxygen atoms in total. The van der Waals surface area contributed by atoms with Gasteiger partial charge < -0.3 is 5.73 Å². The summed E-state index contributed by atoms with van der Waals surface area (Å²) >= 11 is 0. The number of pyridine rings is 2. The normalized spacial score (nSPS) is 12.4. The number of hydrogen-bond acceptors (Lipinski definition) is 5. The molecule has 1 unspecified atom stereocenters. The molecule has 1 atom stereocenters. The lowest BCUT2D eigenvalue weighted by atomic mass is 9.98. The quantitative estimate of drug-likeness (QED) is 0.573. The van der Waals surface area contributed by atoms with E-state index in [0.717, 1.165) is 28.1 Å². The molecule has 5 N–H and O–H groups in total. The third kappa shape index (κ3) is 2.72. The smallest absolute Gasteiger partial charge is 0.128 e. The summed E-state index contributed by atoms with van der Waals surface area (Å²) in [4.78, 5) is 8.67. The van der Waals surface area contributed by atoms with Gasteiger partial charge in [0.1, 0.15) is 5.82 Å². The average Bonchev–Trinajstić information content (AvgIpc) is 2.32. The van der Waals surface area contributed by atoms with Crippen LogP contribution in [-0.4, -0.2) is 9.97 Å². The van der Waals surface area contributed by atoms with E-state index in [4.69, 9.17) is 11.6 Å². The fraction of sp³-hybridized carbons (Fsp3) is 0.286. The number of aromatic nitrogens is 2. The van der Waals surface area contributed by atoms with Gasteiger partial charge in [0.2, 0.25) is 0 Å². The largest absolute Gasteiger partial charge is 0.383 e. The van der Waals surface area contributed by atoms with Crippen LogP contribution in [0.2, 0.25) is 0 Å². The van der Waals surface area contributed by atoms with Gasteiger partial charge in [-0.3, -0.25) is 10.8 Å². The number of nitrogens with zero attached hydrogens (tertiary/aromatic N) is 2. The molecule has 2 aromatic heterocycles. The molecule has 0 aliphatic heterocycles. The van der Waals surface area contributed by atoms with Gasteiger partial charge in [-0.15, -0.1) is 0 Å². The summed E-state index contributed by atoms with van der Waals surface area (Å²) in [7, 11) is 0. The second-order valence-corrected chi connectivity index (χ2v) is 4.74. The van der Waals surface area contributed by atoms with Gasteiger partial charge >= 0.3 is 0 Å². The fourth-order valence-corrected chi connectivity index (χ4v) is 2.30. The Hall–Kier alpha value is -1.98. The maximum Gasteiger partial charge on any atom is 0.128 e. The molecule has 0 fully saturated rings. The van der Waals surface area contributed by atoms with Gasteiger partial charge in [-0.1, -0.05) is 0 Å². The zero-order valence-electron chi connectivity index (χ0n) is 11.4. The number of hydrogen-bond donors (Lipinski definition) is 3. The monoisotopic (exact) mass is 257 g/mol. The summed E-state index contributed by atoms with van der Waals surface area (Å²) < 4.78 is 0. The first kappa shape index (κ1) is 13.5. The molecular formula is C14H19N5. The van der Waals surface area contributed by atoms with Crippen LogP contribution in [0, 0.1) is 20.8 Å². The Morgan fingerprint density at radius 2 is 1.95 bits per heavy atom. The van der Waals surface area contributed by atoms with E-state index in [1.54, 1.807) is 6.20 Å². The SMILES string of the molecule is Cc1cc(C)nc(C(NN)c2c(C)ccnc2N)c1. The summed E-state index contributed by atoms with van der Waals surface area (Å²) in [6.07, 6.45) is 1.69. The molecule has 0 spiro atoms. The molecule has 0 aliphatic rings. The van der Waals surface area contributed by atoms with Crippen molar-refractivity contribution >= 4 is 5.82 Å². The summed E-state index contributed by atoms with van der Waals surface area (Å²) in [5.74, 6) is 6.18. The van der Waals surface area contributed by atoms with Crippen molar-refractivity contribution in [2.45, 2.75) is 26.8 Å². The highest BCUT2D eigenvalue weighted by Gasteiger charge is 2.20.